The fraction of sp³-hybridized carbons (Fsp3) is 0.400. The topological polar surface area (TPSA) is 62.2 Å². The maximum Gasteiger partial charge on any atom is 0.422 e. The van der Waals surface area contributed by atoms with Gasteiger partial charge in [-0.25, -0.2) is 4.79 Å². The van der Waals surface area contributed by atoms with E-state index in [1.54, 1.807) is 0 Å². The number of pyridine rings is 1. The Bertz CT molecular complexity index is 434. The van der Waals surface area contributed by atoms with Crippen LogP contribution in [0.25, 0.3) is 0 Å². The van der Waals surface area contributed by atoms with E-state index in [1.165, 1.54) is 25.4 Å². The Hall–Kier alpha value is -1.79. The Balaban J connectivity index is 3.13. The number of nitrogens with one attached hydrogen (secondary N) is 1. The molecule has 2 N–H and O–H groups in total. The molecule has 0 spiro atoms. The van der Waals surface area contributed by atoms with Crippen LogP contribution in [-0.4, -0.2) is 27.8 Å². The van der Waals surface area contributed by atoms with Crippen molar-refractivity contribution >= 4 is 11.7 Å². The first-order valence-electron chi connectivity index (χ1n) is 4.67. The summed E-state index contributed by atoms with van der Waals surface area (Å²) in [4.78, 5) is 14.5. The Morgan fingerprint density at radius 3 is 2.47 bits per heavy atom. The van der Waals surface area contributed by atoms with Gasteiger partial charge >= 0.3 is 12.1 Å². The fourth-order valence-electron chi connectivity index (χ4n) is 1.13. The first kappa shape index (κ1) is 13.3. The van der Waals surface area contributed by atoms with Crippen molar-refractivity contribution in [2.75, 3.05) is 5.32 Å². The zero-order valence-corrected chi connectivity index (χ0v) is 9.17. The number of anilines is 1. The first-order valence-corrected chi connectivity index (χ1v) is 4.67. The van der Waals surface area contributed by atoms with Crippen LogP contribution in [-0.2, 0) is 4.79 Å². The van der Waals surface area contributed by atoms with Gasteiger partial charge in [0.2, 0.25) is 5.54 Å². The van der Waals surface area contributed by atoms with E-state index >= 15 is 0 Å². The number of aryl methyl sites for hydroxylation is 1. The number of nitrogens with zero attached hydrogens (tertiary/aromatic N) is 1. The molecule has 0 aliphatic rings. The zero-order valence-electron chi connectivity index (χ0n) is 9.17. The highest BCUT2D eigenvalue weighted by molar-refractivity contribution is 5.83. The van der Waals surface area contributed by atoms with Crippen molar-refractivity contribution in [1.82, 2.24) is 4.98 Å². The van der Waals surface area contributed by atoms with Gasteiger partial charge < -0.3 is 10.4 Å². The van der Waals surface area contributed by atoms with Gasteiger partial charge in [0, 0.05) is 18.1 Å². The monoisotopic (exact) mass is 248 g/mol. The van der Waals surface area contributed by atoms with Crippen LogP contribution in [0.15, 0.2) is 18.5 Å². The normalized spacial score (nSPS) is 15.1. The molecule has 4 nitrogen and oxygen atoms in total. The number of aromatic nitrogens is 1. The van der Waals surface area contributed by atoms with E-state index in [1.807, 2.05) is 5.32 Å². The minimum Gasteiger partial charge on any atom is -0.479 e. The second-order valence-electron chi connectivity index (χ2n) is 3.74. The van der Waals surface area contributed by atoms with Crippen LogP contribution >= 0.6 is 0 Å². The van der Waals surface area contributed by atoms with Gasteiger partial charge in [0.15, 0.2) is 0 Å². The van der Waals surface area contributed by atoms with Gasteiger partial charge in [0.25, 0.3) is 0 Å². The number of carboxylic acids is 1. The molecule has 1 rings (SSSR count). The minimum absolute atomic E-state index is 0.0854. The third-order valence-electron chi connectivity index (χ3n) is 2.40. The summed E-state index contributed by atoms with van der Waals surface area (Å²) in [6.07, 6.45) is -2.27. The van der Waals surface area contributed by atoms with E-state index < -0.39 is 17.7 Å². The van der Waals surface area contributed by atoms with E-state index in [-0.39, 0.29) is 5.69 Å². The van der Waals surface area contributed by atoms with Crippen LogP contribution in [0.1, 0.15) is 12.5 Å². The van der Waals surface area contributed by atoms with Crippen LogP contribution in [0.4, 0.5) is 18.9 Å². The quantitative estimate of drug-likeness (QED) is 0.860. The molecule has 17 heavy (non-hydrogen) atoms. The molecule has 1 aromatic rings. The molecule has 0 saturated heterocycles. The highest BCUT2D eigenvalue weighted by atomic mass is 19.4. The molecular formula is C10H11F3N2O2. The van der Waals surface area contributed by atoms with E-state index in [2.05, 4.69) is 4.98 Å². The molecule has 0 radical (unpaired) electrons. The Morgan fingerprint density at radius 2 is 2.06 bits per heavy atom. The number of aliphatic carboxylic acids is 1. The van der Waals surface area contributed by atoms with Gasteiger partial charge in [-0.3, -0.25) is 4.98 Å². The van der Waals surface area contributed by atoms with Crippen molar-refractivity contribution < 1.29 is 23.1 Å². The summed E-state index contributed by atoms with van der Waals surface area (Å²) in [7, 11) is 0. The molecule has 94 valence electrons. The standard InChI is InChI=1S/C10H11F3N2O2/c1-6-5-14-4-3-7(6)15-9(2,8(16)17)10(11,12)13/h3-5H,1-2H3,(H,14,15)(H,16,17). The number of carbonyl (C=O) groups is 1. The highest BCUT2D eigenvalue weighted by Gasteiger charge is 2.57. The van der Waals surface area contributed by atoms with Crippen molar-refractivity contribution in [1.29, 1.82) is 0 Å². The summed E-state index contributed by atoms with van der Waals surface area (Å²) in [6.45, 7) is 2.11. The maximum atomic E-state index is 12.7. The van der Waals surface area contributed by atoms with Crippen molar-refractivity contribution in [2.45, 2.75) is 25.6 Å². The summed E-state index contributed by atoms with van der Waals surface area (Å²) < 4.78 is 38.1. The molecule has 0 bridgehead atoms. The van der Waals surface area contributed by atoms with Crippen LogP contribution < -0.4 is 5.32 Å². The lowest BCUT2D eigenvalue weighted by atomic mass is 10.0. The lowest BCUT2D eigenvalue weighted by Gasteiger charge is -2.30. The number of alkyl halides is 3. The van der Waals surface area contributed by atoms with Crippen molar-refractivity contribution in [3.63, 3.8) is 0 Å². The van der Waals surface area contributed by atoms with E-state index in [4.69, 9.17) is 5.11 Å². The number of rotatable bonds is 3. The van der Waals surface area contributed by atoms with Crippen LogP contribution in [0.3, 0.4) is 0 Å². The third-order valence-corrected chi connectivity index (χ3v) is 2.40. The number of hydrogen-bond donors (Lipinski definition) is 2. The molecule has 1 atom stereocenters. The van der Waals surface area contributed by atoms with Gasteiger partial charge in [-0.1, -0.05) is 0 Å². The molecule has 0 aliphatic carbocycles. The van der Waals surface area contributed by atoms with Gasteiger partial charge in [0.05, 0.1) is 0 Å². The molecule has 7 heteroatoms. The molecule has 0 aromatic carbocycles. The largest absolute Gasteiger partial charge is 0.479 e. The third kappa shape index (κ3) is 2.48. The lowest BCUT2D eigenvalue weighted by molar-refractivity contribution is -0.192. The van der Waals surface area contributed by atoms with Crippen LogP contribution in [0.2, 0.25) is 0 Å². The van der Waals surface area contributed by atoms with E-state index in [0.29, 0.717) is 12.5 Å². The van der Waals surface area contributed by atoms with Gasteiger partial charge in [-0.15, -0.1) is 0 Å². The molecule has 1 unspecified atom stereocenters. The number of halogens is 3. The maximum absolute atomic E-state index is 12.7. The average molecular weight is 248 g/mol. The molecular weight excluding hydrogens is 237 g/mol. The SMILES string of the molecule is Cc1cnccc1NC(C)(C(=O)O)C(F)(F)F. The molecule has 0 aliphatic heterocycles. The summed E-state index contributed by atoms with van der Waals surface area (Å²) in [5.41, 5.74) is -2.51. The van der Waals surface area contributed by atoms with Gasteiger partial charge in [-0.2, -0.15) is 13.2 Å². The molecule has 1 aromatic heterocycles. The fourth-order valence-corrected chi connectivity index (χ4v) is 1.13. The van der Waals surface area contributed by atoms with Crippen LogP contribution in [0.5, 0.6) is 0 Å². The zero-order chi connectivity index (χ0) is 13.3. The first-order chi connectivity index (χ1) is 7.68. The number of carboxylic acid groups (broad SMARTS) is 1. The molecule has 0 fully saturated rings. The smallest absolute Gasteiger partial charge is 0.422 e. The second kappa shape index (κ2) is 4.23. The summed E-state index contributed by atoms with van der Waals surface area (Å²) in [5, 5.41) is 10.7. The van der Waals surface area contributed by atoms with Crippen molar-refractivity contribution in [3.05, 3.63) is 24.0 Å². The van der Waals surface area contributed by atoms with Crippen molar-refractivity contribution in [3.8, 4) is 0 Å². The minimum atomic E-state index is -4.91. The second-order valence-corrected chi connectivity index (χ2v) is 3.74. The van der Waals surface area contributed by atoms with E-state index in [0.717, 1.165) is 0 Å². The van der Waals surface area contributed by atoms with E-state index in [9.17, 15) is 18.0 Å². The predicted octanol–water partition coefficient (Wildman–Crippen LogP) is 2.21. The van der Waals surface area contributed by atoms with Crippen LogP contribution in [0, 0.1) is 6.92 Å². The Kier molecular flexibility index (Phi) is 3.30. The summed E-state index contributed by atoms with van der Waals surface area (Å²) in [6, 6.07) is 1.29. The predicted molar refractivity (Wildman–Crippen MR) is 54.7 cm³/mol. The van der Waals surface area contributed by atoms with Gasteiger partial charge in [0.1, 0.15) is 0 Å². The lowest BCUT2D eigenvalue weighted by Crippen LogP contribution is -2.55. The summed E-state index contributed by atoms with van der Waals surface area (Å²) in [5.74, 6) is -1.98. The Morgan fingerprint density at radius 1 is 1.47 bits per heavy atom. The number of hydrogen-bond acceptors (Lipinski definition) is 3. The van der Waals surface area contributed by atoms with Gasteiger partial charge in [-0.05, 0) is 25.5 Å². The highest BCUT2D eigenvalue weighted by Crippen LogP contribution is 2.34. The molecule has 1 heterocycles. The molecule has 0 amide bonds. The van der Waals surface area contributed by atoms with Crippen molar-refractivity contribution in [2.24, 2.45) is 0 Å². The average Bonchev–Trinajstić information content (AvgIpc) is 2.19. The Labute approximate surface area is 95.5 Å². The summed E-state index contributed by atoms with van der Waals surface area (Å²) >= 11 is 0. The molecule has 0 saturated carbocycles.